The zero-order chi connectivity index (χ0) is 22.0. The van der Waals surface area contributed by atoms with Crippen molar-refractivity contribution >= 4 is 39.1 Å². The Labute approximate surface area is 178 Å². The number of carbonyl (C=O) groups is 2. The van der Waals surface area contributed by atoms with E-state index >= 15 is 0 Å². The van der Waals surface area contributed by atoms with E-state index in [2.05, 4.69) is 10.3 Å². The highest BCUT2D eigenvalue weighted by atomic mass is 32.1. The van der Waals surface area contributed by atoms with Crippen molar-refractivity contribution in [2.75, 3.05) is 11.9 Å². The number of ether oxygens (including phenoxy) is 1. The first kappa shape index (κ1) is 21.7. The molecule has 1 amide bonds. The fourth-order valence-corrected chi connectivity index (χ4v) is 4.56. The first-order valence-corrected chi connectivity index (χ1v) is 10.6. The van der Waals surface area contributed by atoms with Crippen LogP contribution in [0.2, 0.25) is 0 Å². The van der Waals surface area contributed by atoms with E-state index in [1.165, 1.54) is 10.9 Å². The van der Waals surface area contributed by atoms with E-state index in [4.69, 9.17) is 4.74 Å². The van der Waals surface area contributed by atoms with E-state index in [-0.39, 0.29) is 18.1 Å². The van der Waals surface area contributed by atoms with Gasteiger partial charge in [0, 0.05) is 5.69 Å². The van der Waals surface area contributed by atoms with Crippen molar-refractivity contribution in [1.82, 2.24) is 9.55 Å². The molecule has 0 saturated carbocycles. The standard InChI is InChI=1S/C22H25N3O4S/c1-6-16(19(26)24-15-9-12(3)8-13(4)10-15)25-11-23-20-17(21(25)27)14(5)18(30-20)22(28)29-7-2/h8-11,16H,6-7H2,1-5H3,(H,24,26). The van der Waals surface area contributed by atoms with Crippen LogP contribution >= 0.6 is 11.3 Å². The molecule has 0 radical (unpaired) electrons. The summed E-state index contributed by atoms with van der Waals surface area (Å²) in [5, 5.41) is 3.26. The molecule has 7 nitrogen and oxygen atoms in total. The molecular weight excluding hydrogens is 402 g/mol. The number of nitrogens with zero attached hydrogens (tertiary/aromatic N) is 2. The Hall–Kier alpha value is -3.00. The molecule has 0 aliphatic carbocycles. The van der Waals surface area contributed by atoms with E-state index in [0.29, 0.717) is 32.8 Å². The minimum atomic E-state index is -0.722. The maximum absolute atomic E-state index is 13.2. The predicted molar refractivity (Wildman–Crippen MR) is 118 cm³/mol. The Balaban J connectivity index is 2.00. The molecule has 1 atom stereocenters. The third-order valence-corrected chi connectivity index (χ3v) is 6.03. The summed E-state index contributed by atoms with van der Waals surface area (Å²) in [6.45, 7) is 9.44. The third-order valence-electron chi connectivity index (χ3n) is 4.85. The number of benzene rings is 1. The van der Waals surface area contributed by atoms with Crippen molar-refractivity contribution in [3.05, 3.63) is 56.4 Å². The van der Waals surface area contributed by atoms with E-state index in [1.54, 1.807) is 13.8 Å². The lowest BCUT2D eigenvalue weighted by molar-refractivity contribution is -0.119. The number of aromatic nitrogens is 2. The molecule has 1 aromatic carbocycles. The van der Waals surface area contributed by atoms with Crippen molar-refractivity contribution in [2.45, 2.75) is 47.1 Å². The molecular formula is C22H25N3O4S. The average molecular weight is 428 g/mol. The number of thiophene rings is 1. The zero-order valence-corrected chi connectivity index (χ0v) is 18.6. The van der Waals surface area contributed by atoms with Gasteiger partial charge in [-0.05, 0) is 62.9 Å². The summed E-state index contributed by atoms with van der Waals surface area (Å²) in [5.41, 5.74) is 2.96. The van der Waals surface area contributed by atoms with Gasteiger partial charge in [-0.25, -0.2) is 9.78 Å². The summed E-state index contributed by atoms with van der Waals surface area (Å²) in [6.07, 6.45) is 1.79. The largest absolute Gasteiger partial charge is 0.462 e. The van der Waals surface area contributed by atoms with Crippen LogP contribution in [0.1, 0.15) is 52.7 Å². The van der Waals surface area contributed by atoms with Gasteiger partial charge >= 0.3 is 5.97 Å². The van der Waals surface area contributed by atoms with Gasteiger partial charge in [0.05, 0.1) is 18.3 Å². The topological polar surface area (TPSA) is 90.3 Å². The molecule has 1 N–H and O–H groups in total. The van der Waals surface area contributed by atoms with E-state index in [9.17, 15) is 14.4 Å². The molecule has 1 unspecified atom stereocenters. The number of aryl methyl sites for hydroxylation is 3. The molecule has 0 aliphatic rings. The van der Waals surface area contributed by atoms with Crippen LogP contribution in [0.15, 0.2) is 29.3 Å². The number of amides is 1. The number of hydrogen-bond acceptors (Lipinski definition) is 6. The molecule has 8 heteroatoms. The quantitative estimate of drug-likeness (QED) is 0.597. The van der Waals surface area contributed by atoms with Gasteiger partial charge in [-0.3, -0.25) is 14.2 Å². The van der Waals surface area contributed by atoms with Gasteiger partial charge in [-0.15, -0.1) is 11.3 Å². The predicted octanol–water partition coefficient (Wildman–Crippen LogP) is 4.15. The van der Waals surface area contributed by atoms with Gasteiger partial charge < -0.3 is 10.1 Å². The number of anilines is 1. The van der Waals surface area contributed by atoms with Crippen LogP contribution in [-0.2, 0) is 9.53 Å². The van der Waals surface area contributed by atoms with Crippen LogP contribution in [-0.4, -0.2) is 28.0 Å². The number of esters is 1. The van der Waals surface area contributed by atoms with Crippen molar-refractivity contribution in [1.29, 1.82) is 0 Å². The van der Waals surface area contributed by atoms with E-state index < -0.39 is 12.0 Å². The second-order valence-electron chi connectivity index (χ2n) is 7.20. The maximum Gasteiger partial charge on any atom is 0.348 e. The summed E-state index contributed by atoms with van der Waals surface area (Å²) in [7, 11) is 0. The summed E-state index contributed by atoms with van der Waals surface area (Å²) in [4.78, 5) is 43.5. The van der Waals surface area contributed by atoms with Crippen molar-refractivity contribution in [2.24, 2.45) is 0 Å². The monoisotopic (exact) mass is 427 g/mol. The van der Waals surface area contributed by atoms with E-state index in [0.717, 1.165) is 22.5 Å². The normalized spacial score (nSPS) is 12.0. The highest BCUT2D eigenvalue weighted by Gasteiger charge is 2.25. The summed E-state index contributed by atoms with van der Waals surface area (Å²) in [6, 6.07) is 5.07. The van der Waals surface area contributed by atoms with Crippen molar-refractivity contribution in [3.8, 4) is 0 Å². The first-order valence-electron chi connectivity index (χ1n) is 9.83. The molecule has 0 bridgehead atoms. The fourth-order valence-electron chi connectivity index (χ4n) is 3.53. The summed E-state index contributed by atoms with van der Waals surface area (Å²) in [5.74, 6) is -0.757. The Bertz CT molecular complexity index is 1160. The lowest BCUT2D eigenvalue weighted by atomic mass is 10.1. The maximum atomic E-state index is 13.2. The molecule has 0 spiro atoms. The average Bonchev–Trinajstić information content (AvgIpc) is 3.01. The number of rotatable bonds is 6. The van der Waals surface area contributed by atoms with Gasteiger partial charge in [0.1, 0.15) is 15.7 Å². The van der Waals surface area contributed by atoms with Gasteiger partial charge in [0.2, 0.25) is 5.91 Å². The molecule has 2 heterocycles. The van der Waals surface area contributed by atoms with Crippen LogP contribution in [0.5, 0.6) is 0 Å². The Morgan fingerprint density at radius 1 is 1.17 bits per heavy atom. The highest BCUT2D eigenvalue weighted by Crippen LogP contribution is 2.28. The van der Waals surface area contributed by atoms with Crippen molar-refractivity contribution in [3.63, 3.8) is 0 Å². The fraction of sp³-hybridized carbons (Fsp3) is 0.364. The number of nitrogens with one attached hydrogen (secondary N) is 1. The highest BCUT2D eigenvalue weighted by molar-refractivity contribution is 7.20. The lowest BCUT2D eigenvalue weighted by Crippen LogP contribution is -2.33. The Kier molecular flexibility index (Phi) is 6.36. The van der Waals surface area contributed by atoms with Gasteiger partial charge in [-0.2, -0.15) is 0 Å². The van der Waals surface area contributed by atoms with Crippen molar-refractivity contribution < 1.29 is 14.3 Å². The SMILES string of the molecule is CCOC(=O)c1sc2ncn(C(CC)C(=O)Nc3cc(C)cc(C)c3)c(=O)c2c1C. The molecule has 0 aliphatic heterocycles. The summed E-state index contributed by atoms with van der Waals surface area (Å²) >= 11 is 1.13. The number of fused-ring (bicyclic) bond motifs is 1. The van der Waals surface area contributed by atoms with Crippen LogP contribution < -0.4 is 10.9 Å². The Morgan fingerprint density at radius 3 is 2.43 bits per heavy atom. The molecule has 2 aromatic heterocycles. The minimum absolute atomic E-state index is 0.251. The van der Waals surface area contributed by atoms with E-state index in [1.807, 2.05) is 39.0 Å². The number of carbonyl (C=O) groups excluding carboxylic acids is 2. The third kappa shape index (κ3) is 4.14. The van der Waals surface area contributed by atoms with Gasteiger partial charge in [0.15, 0.2) is 0 Å². The van der Waals surface area contributed by atoms with Crippen LogP contribution in [0.25, 0.3) is 10.2 Å². The molecule has 3 aromatic rings. The molecule has 0 saturated heterocycles. The van der Waals surface area contributed by atoms with Crippen LogP contribution in [0, 0.1) is 20.8 Å². The molecule has 30 heavy (non-hydrogen) atoms. The number of hydrogen-bond donors (Lipinski definition) is 1. The van der Waals surface area contributed by atoms with Crippen LogP contribution in [0.4, 0.5) is 5.69 Å². The summed E-state index contributed by atoms with van der Waals surface area (Å²) < 4.78 is 6.41. The second-order valence-corrected chi connectivity index (χ2v) is 8.20. The van der Waals surface area contributed by atoms with Gasteiger partial charge in [-0.1, -0.05) is 13.0 Å². The smallest absolute Gasteiger partial charge is 0.348 e. The first-order chi connectivity index (χ1) is 14.3. The minimum Gasteiger partial charge on any atom is -0.462 e. The zero-order valence-electron chi connectivity index (χ0n) is 17.7. The Morgan fingerprint density at radius 2 is 1.83 bits per heavy atom. The second kappa shape index (κ2) is 8.79. The lowest BCUT2D eigenvalue weighted by Gasteiger charge is -2.18. The molecule has 0 fully saturated rings. The van der Waals surface area contributed by atoms with Gasteiger partial charge in [0.25, 0.3) is 5.56 Å². The molecule has 158 valence electrons. The van der Waals surface area contributed by atoms with Crippen LogP contribution in [0.3, 0.4) is 0 Å². The molecule has 3 rings (SSSR count).